The predicted molar refractivity (Wildman–Crippen MR) is 131 cm³/mol. The third-order valence-corrected chi connectivity index (χ3v) is 6.61. The molecule has 1 fully saturated rings. The van der Waals surface area contributed by atoms with E-state index in [1.165, 1.54) is 0 Å². The molecule has 184 valence electrons. The van der Waals surface area contributed by atoms with Crippen LogP contribution in [0.5, 0.6) is 0 Å². The third kappa shape index (κ3) is 5.54. The van der Waals surface area contributed by atoms with Crippen molar-refractivity contribution in [1.82, 2.24) is 30.1 Å². The van der Waals surface area contributed by atoms with E-state index in [-0.39, 0.29) is 24.3 Å². The molecule has 2 atom stereocenters. The second kappa shape index (κ2) is 11.2. The molecular formula is C25H36N6O3. The van der Waals surface area contributed by atoms with Crippen molar-refractivity contribution in [2.75, 3.05) is 19.8 Å². The zero-order valence-electron chi connectivity index (χ0n) is 20.5. The number of aromatic nitrogens is 5. The number of hydrogen-bond acceptors (Lipinski definition) is 7. The van der Waals surface area contributed by atoms with Crippen molar-refractivity contribution in [2.24, 2.45) is 0 Å². The fraction of sp³-hybridized carbons (Fsp3) is 0.600. The summed E-state index contributed by atoms with van der Waals surface area (Å²) in [6.07, 6.45) is 4.60. The number of aliphatic hydroxyl groups excluding tert-OH is 1. The van der Waals surface area contributed by atoms with Crippen LogP contribution >= 0.6 is 0 Å². The molecule has 9 heteroatoms. The van der Waals surface area contributed by atoms with Gasteiger partial charge < -0.3 is 14.8 Å². The van der Waals surface area contributed by atoms with Crippen LogP contribution < -0.4 is 5.56 Å². The van der Waals surface area contributed by atoms with Gasteiger partial charge in [0.25, 0.3) is 5.56 Å². The van der Waals surface area contributed by atoms with Crippen LogP contribution in [0.3, 0.4) is 0 Å². The monoisotopic (exact) mass is 468 g/mol. The smallest absolute Gasteiger partial charge is 0.252 e. The van der Waals surface area contributed by atoms with Gasteiger partial charge in [0, 0.05) is 31.9 Å². The van der Waals surface area contributed by atoms with Gasteiger partial charge in [0.15, 0.2) is 5.82 Å². The van der Waals surface area contributed by atoms with Crippen LogP contribution in [0.4, 0.5) is 0 Å². The number of fused-ring (bicyclic) bond motifs is 1. The Hall–Kier alpha value is -2.62. The standard InChI is InChI=1S/C25H36N6O3/c1-4-7-22(24-27-28-29-31(24)16-21-8-5-11-34-21)30(9-6-10-32)15-20-14-19-13-17(2)12-18(3)23(19)26-25(20)33/h12-14,21-22,32H,4-11,15-16H2,1-3H3,(H,26,33)/t21-,22-/m1/s1. The number of benzene rings is 1. The van der Waals surface area contributed by atoms with E-state index >= 15 is 0 Å². The topological polar surface area (TPSA) is 109 Å². The molecule has 9 nitrogen and oxygen atoms in total. The van der Waals surface area contributed by atoms with Gasteiger partial charge in [0.1, 0.15) is 0 Å². The fourth-order valence-electron chi connectivity index (χ4n) is 5.00. The Labute approximate surface area is 200 Å². The Bertz CT molecular complexity index is 1150. The summed E-state index contributed by atoms with van der Waals surface area (Å²) in [5, 5.41) is 23.2. The number of aryl methyl sites for hydroxylation is 2. The Balaban J connectivity index is 1.67. The van der Waals surface area contributed by atoms with Crippen LogP contribution in [0, 0.1) is 13.8 Å². The van der Waals surface area contributed by atoms with E-state index in [1.807, 2.05) is 17.7 Å². The van der Waals surface area contributed by atoms with Gasteiger partial charge in [-0.1, -0.05) is 25.0 Å². The molecule has 1 aromatic carbocycles. The average Bonchev–Trinajstić information content (AvgIpc) is 3.49. The van der Waals surface area contributed by atoms with E-state index in [1.54, 1.807) is 0 Å². The number of aromatic amines is 1. The lowest BCUT2D eigenvalue weighted by Gasteiger charge is -2.31. The number of hydrogen-bond donors (Lipinski definition) is 2. The molecule has 0 aliphatic carbocycles. The first kappa shape index (κ1) is 24.5. The van der Waals surface area contributed by atoms with Gasteiger partial charge in [-0.2, -0.15) is 0 Å². The quantitative estimate of drug-likeness (QED) is 0.445. The minimum absolute atomic E-state index is 0.0673. The average molecular weight is 469 g/mol. The van der Waals surface area contributed by atoms with Crippen LogP contribution in [0.2, 0.25) is 0 Å². The molecule has 3 heterocycles. The number of H-pyrrole nitrogens is 1. The third-order valence-electron chi connectivity index (χ3n) is 6.61. The summed E-state index contributed by atoms with van der Waals surface area (Å²) in [6.45, 7) is 8.81. The SMILES string of the molecule is CCC[C@H](c1nnnn1C[C@H]1CCCO1)N(CCCO)Cc1cc2cc(C)cc(C)c2[nH]c1=O. The van der Waals surface area contributed by atoms with Crippen molar-refractivity contribution in [1.29, 1.82) is 0 Å². The molecule has 0 radical (unpaired) electrons. The molecule has 0 saturated carbocycles. The van der Waals surface area contributed by atoms with Gasteiger partial charge in [-0.3, -0.25) is 9.69 Å². The first-order valence-corrected chi connectivity index (χ1v) is 12.4. The number of ether oxygens (including phenoxy) is 1. The molecule has 2 aromatic heterocycles. The summed E-state index contributed by atoms with van der Waals surface area (Å²) in [4.78, 5) is 18.4. The zero-order valence-corrected chi connectivity index (χ0v) is 20.5. The Morgan fingerprint density at radius 3 is 2.91 bits per heavy atom. The number of aliphatic hydroxyl groups is 1. The molecule has 4 rings (SSSR count). The lowest BCUT2D eigenvalue weighted by Crippen LogP contribution is -2.34. The summed E-state index contributed by atoms with van der Waals surface area (Å²) in [5.41, 5.74) is 3.73. The number of nitrogens with one attached hydrogen (secondary N) is 1. The Morgan fingerprint density at radius 1 is 1.32 bits per heavy atom. The minimum Gasteiger partial charge on any atom is -0.396 e. The molecule has 0 bridgehead atoms. The van der Waals surface area contributed by atoms with Crippen molar-refractivity contribution >= 4 is 10.9 Å². The second-order valence-corrected chi connectivity index (χ2v) is 9.38. The molecule has 34 heavy (non-hydrogen) atoms. The van der Waals surface area contributed by atoms with Crippen molar-refractivity contribution in [3.63, 3.8) is 0 Å². The molecule has 2 N–H and O–H groups in total. The number of rotatable bonds is 11. The first-order chi connectivity index (χ1) is 16.5. The van der Waals surface area contributed by atoms with Crippen LogP contribution in [0.25, 0.3) is 10.9 Å². The number of tetrazole rings is 1. The normalized spacial score (nSPS) is 17.1. The van der Waals surface area contributed by atoms with Crippen molar-refractivity contribution in [3.05, 3.63) is 51.1 Å². The lowest BCUT2D eigenvalue weighted by molar-refractivity contribution is 0.0885. The van der Waals surface area contributed by atoms with Gasteiger partial charge in [-0.05, 0) is 73.0 Å². The van der Waals surface area contributed by atoms with Crippen LogP contribution in [-0.4, -0.2) is 61.1 Å². The Kier molecular flexibility index (Phi) is 8.07. The maximum atomic E-state index is 13.1. The molecular weight excluding hydrogens is 432 g/mol. The molecule has 0 spiro atoms. The summed E-state index contributed by atoms with van der Waals surface area (Å²) in [7, 11) is 0. The van der Waals surface area contributed by atoms with Gasteiger partial charge in [-0.15, -0.1) is 5.10 Å². The molecule has 0 unspecified atom stereocenters. The predicted octanol–water partition coefficient (Wildman–Crippen LogP) is 3.04. The van der Waals surface area contributed by atoms with Crippen LogP contribution in [0.1, 0.15) is 67.6 Å². The maximum absolute atomic E-state index is 13.1. The highest BCUT2D eigenvalue weighted by Crippen LogP contribution is 2.27. The van der Waals surface area contributed by atoms with Crippen LogP contribution in [-0.2, 0) is 17.8 Å². The summed E-state index contributed by atoms with van der Waals surface area (Å²) in [5.74, 6) is 0.791. The first-order valence-electron chi connectivity index (χ1n) is 12.4. The summed E-state index contributed by atoms with van der Waals surface area (Å²) < 4.78 is 7.67. The van der Waals surface area contributed by atoms with Crippen molar-refractivity contribution in [2.45, 2.75) is 78.1 Å². The molecule has 1 saturated heterocycles. The highest BCUT2D eigenvalue weighted by atomic mass is 16.5. The minimum atomic E-state index is -0.0809. The maximum Gasteiger partial charge on any atom is 0.252 e. The van der Waals surface area contributed by atoms with E-state index in [4.69, 9.17) is 4.74 Å². The molecule has 1 aliphatic rings. The van der Waals surface area contributed by atoms with Gasteiger partial charge in [0.2, 0.25) is 0 Å². The van der Waals surface area contributed by atoms with E-state index in [0.29, 0.717) is 31.6 Å². The lowest BCUT2D eigenvalue weighted by atomic mass is 10.0. The second-order valence-electron chi connectivity index (χ2n) is 9.38. The Morgan fingerprint density at radius 2 is 2.18 bits per heavy atom. The molecule has 1 aliphatic heterocycles. The largest absolute Gasteiger partial charge is 0.396 e. The number of nitrogens with zero attached hydrogens (tertiary/aromatic N) is 5. The molecule has 3 aromatic rings. The summed E-state index contributed by atoms with van der Waals surface area (Å²) in [6, 6.07) is 6.11. The molecule has 0 amide bonds. The fourth-order valence-corrected chi connectivity index (χ4v) is 5.00. The highest BCUT2D eigenvalue weighted by Gasteiger charge is 2.28. The number of pyridine rings is 1. The van der Waals surface area contributed by atoms with E-state index in [0.717, 1.165) is 60.1 Å². The van der Waals surface area contributed by atoms with E-state index in [2.05, 4.69) is 51.4 Å². The van der Waals surface area contributed by atoms with Crippen LogP contribution in [0.15, 0.2) is 23.0 Å². The highest BCUT2D eigenvalue weighted by molar-refractivity contribution is 5.82. The van der Waals surface area contributed by atoms with E-state index < -0.39 is 0 Å². The van der Waals surface area contributed by atoms with Gasteiger partial charge in [0.05, 0.1) is 24.2 Å². The van der Waals surface area contributed by atoms with Gasteiger partial charge in [-0.25, -0.2) is 4.68 Å². The summed E-state index contributed by atoms with van der Waals surface area (Å²) >= 11 is 0. The van der Waals surface area contributed by atoms with Crippen molar-refractivity contribution in [3.8, 4) is 0 Å². The van der Waals surface area contributed by atoms with Gasteiger partial charge >= 0.3 is 0 Å². The van der Waals surface area contributed by atoms with E-state index in [9.17, 15) is 9.90 Å². The zero-order chi connectivity index (χ0) is 24.1. The van der Waals surface area contributed by atoms with Crippen molar-refractivity contribution < 1.29 is 9.84 Å².